The molecule has 14 heteroatoms. The summed E-state index contributed by atoms with van der Waals surface area (Å²) in [7, 11) is 2.57. The fourth-order valence-electron chi connectivity index (χ4n) is 4.64. The number of aromatic nitrogens is 4. The van der Waals surface area contributed by atoms with Crippen molar-refractivity contribution in [3.63, 3.8) is 0 Å². The van der Waals surface area contributed by atoms with E-state index in [-0.39, 0.29) is 12.2 Å². The molecule has 174 valence electrons. The highest BCUT2D eigenvalue weighted by atomic mass is 16.7. The van der Waals surface area contributed by atoms with Gasteiger partial charge in [0.05, 0.1) is 19.5 Å². The number of imidazole rings is 1. The third-order valence-electron chi connectivity index (χ3n) is 6.25. The van der Waals surface area contributed by atoms with E-state index in [1.54, 1.807) is 4.57 Å². The smallest absolute Gasteiger partial charge is 0.337 e. The average Bonchev–Trinajstić information content (AvgIpc) is 3.36. The molecule has 2 aromatic heterocycles. The number of ether oxygens (including phenoxy) is 5. The fraction of sp³-hybridized carbons (Fsp3) is 0.667. The molecule has 2 aromatic rings. The molecule has 0 bridgehead atoms. The zero-order chi connectivity index (χ0) is 22.8. The molecule has 14 nitrogen and oxygen atoms in total. The van der Waals surface area contributed by atoms with Gasteiger partial charge in [0.1, 0.15) is 42.4 Å². The van der Waals surface area contributed by atoms with E-state index in [4.69, 9.17) is 24.7 Å². The van der Waals surface area contributed by atoms with Gasteiger partial charge in [-0.2, -0.15) is 0 Å². The number of rotatable bonds is 3. The Morgan fingerprint density at radius 3 is 2.78 bits per heavy atom. The van der Waals surface area contributed by atoms with Gasteiger partial charge in [-0.25, -0.2) is 19.7 Å². The van der Waals surface area contributed by atoms with E-state index in [2.05, 4.69) is 19.7 Å². The number of hydrogen-bond donors (Lipinski definition) is 4. The number of methoxy groups -OCH3 is 2. The molecule has 0 saturated carbocycles. The number of carbonyl (C=O) groups is 1. The zero-order valence-corrected chi connectivity index (χ0v) is 17.1. The minimum atomic E-state index is -2.30. The predicted molar refractivity (Wildman–Crippen MR) is 102 cm³/mol. The fourth-order valence-corrected chi connectivity index (χ4v) is 4.64. The number of carbonyl (C=O) groups excluding carboxylic acids is 1. The molecule has 0 unspecified atom stereocenters. The molecule has 3 saturated heterocycles. The van der Waals surface area contributed by atoms with E-state index < -0.39 is 60.7 Å². The van der Waals surface area contributed by atoms with Gasteiger partial charge in [0.2, 0.25) is 5.79 Å². The Morgan fingerprint density at radius 2 is 2.06 bits per heavy atom. The molecule has 3 aliphatic rings. The monoisotopic (exact) mass is 453 g/mol. The van der Waals surface area contributed by atoms with Crippen LogP contribution in [0.4, 0.5) is 5.82 Å². The van der Waals surface area contributed by atoms with Crippen molar-refractivity contribution in [2.45, 2.75) is 61.2 Å². The van der Waals surface area contributed by atoms with E-state index in [0.29, 0.717) is 11.2 Å². The quantitative estimate of drug-likeness (QED) is 0.355. The topological polar surface area (TPSA) is 194 Å². The molecule has 0 aromatic carbocycles. The largest absolute Gasteiger partial charge is 0.467 e. The highest BCUT2D eigenvalue weighted by Gasteiger charge is 2.65. The van der Waals surface area contributed by atoms with E-state index in [1.807, 2.05) is 0 Å². The van der Waals surface area contributed by atoms with Crippen LogP contribution in [-0.2, 0) is 28.5 Å². The third-order valence-corrected chi connectivity index (χ3v) is 6.25. The van der Waals surface area contributed by atoms with Gasteiger partial charge in [-0.05, 0) is 0 Å². The van der Waals surface area contributed by atoms with Crippen LogP contribution >= 0.6 is 0 Å². The lowest BCUT2D eigenvalue weighted by molar-refractivity contribution is -0.397. The first-order valence-electron chi connectivity index (χ1n) is 9.91. The van der Waals surface area contributed by atoms with Crippen LogP contribution < -0.4 is 5.73 Å². The van der Waals surface area contributed by atoms with Crippen LogP contribution in [0.15, 0.2) is 12.7 Å². The van der Waals surface area contributed by atoms with E-state index in [0.717, 1.165) is 7.11 Å². The number of aliphatic hydroxyl groups excluding tert-OH is 2. The van der Waals surface area contributed by atoms with Crippen LogP contribution in [-0.4, -0.2) is 104 Å². The number of esters is 1. The molecular formula is C18H23N5O9. The van der Waals surface area contributed by atoms with Crippen LogP contribution in [0.3, 0.4) is 0 Å². The number of nitrogens with zero attached hydrogens (tertiary/aromatic N) is 4. The summed E-state index contributed by atoms with van der Waals surface area (Å²) >= 11 is 0. The van der Waals surface area contributed by atoms with Gasteiger partial charge in [-0.3, -0.25) is 4.57 Å². The van der Waals surface area contributed by atoms with Crippen molar-refractivity contribution in [2.75, 3.05) is 20.0 Å². The third kappa shape index (κ3) is 2.92. The Kier molecular flexibility index (Phi) is 5.05. The van der Waals surface area contributed by atoms with Crippen molar-refractivity contribution in [2.24, 2.45) is 0 Å². The number of nitrogens with two attached hydrogens (primary N) is 1. The molecule has 5 rings (SSSR count). The van der Waals surface area contributed by atoms with Gasteiger partial charge < -0.3 is 44.7 Å². The van der Waals surface area contributed by atoms with Crippen molar-refractivity contribution >= 4 is 23.0 Å². The highest BCUT2D eigenvalue weighted by molar-refractivity contribution is 5.81. The lowest BCUT2D eigenvalue weighted by atomic mass is 9.84. The minimum absolute atomic E-state index is 0.0402. The summed E-state index contributed by atoms with van der Waals surface area (Å²) < 4.78 is 29.4. The maximum Gasteiger partial charge on any atom is 0.337 e. The van der Waals surface area contributed by atoms with E-state index in [9.17, 15) is 20.1 Å². The molecular weight excluding hydrogens is 430 g/mol. The summed E-state index contributed by atoms with van der Waals surface area (Å²) in [6, 6.07) is 0. The summed E-state index contributed by atoms with van der Waals surface area (Å²) in [6.07, 6.45) is -6.47. The Labute approximate surface area is 180 Å². The first kappa shape index (κ1) is 21.4. The summed E-state index contributed by atoms with van der Waals surface area (Å²) in [4.78, 5) is 24.3. The standard InChI is InChI=1S/C18H23N5O9/c1-28-12-10-6(30-16(12)23-5-22-8-14(19)20-4-21-15(8)23)3-7-18(27,32-10)13(25)9(24)11(31-7)17(26)29-2/h4-7,9-13,16,24-25,27H,3H2,1-2H3,(H2,19,20,21)/t6-,7-,9-,10-,11+,12+,13+,16-,18+/m1/s1. The molecule has 3 fully saturated rings. The van der Waals surface area contributed by atoms with Gasteiger partial charge in [-0.1, -0.05) is 0 Å². The predicted octanol–water partition coefficient (Wildman–Crippen LogP) is -2.54. The molecule has 32 heavy (non-hydrogen) atoms. The summed E-state index contributed by atoms with van der Waals surface area (Å²) in [5.41, 5.74) is 6.66. The van der Waals surface area contributed by atoms with Gasteiger partial charge in [-0.15, -0.1) is 0 Å². The second-order valence-corrected chi connectivity index (χ2v) is 7.92. The van der Waals surface area contributed by atoms with Crippen LogP contribution in [0.5, 0.6) is 0 Å². The molecule has 9 atom stereocenters. The second kappa shape index (κ2) is 7.55. The number of nitrogen functional groups attached to an aromatic ring is 1. The van der Waals surface area contributed by atoms with Crippen molar-refractivity contribution < 1.29 is 43.8 Å². The summed E-state index contributed by atoms with van der Waals surface area (Å²) in [6.45, 7) is 0. The first-order chi connectivity index (χ1) is 15.3. The number of fused-ring (bicyclic) bond motifs is 3. The molecule has 0 spiro atoms. The van der Waals surface area contributed by atoms with Crippen molar-refractivity contribution in [3.05, 3.63) is 12.7 Å². The molecule has 5 heterocycles. The normalized spacial score (nSPS) is 41.3. The van der Waals surface area contributed by atoms with Gasteiger partial charge in [0.15, 0.2) is 23.8 Å². The van der Waals surface area contributed by atoms with Crippen LogP contribution in [0.1, 0.15) is 12.6 Å². The van der Waals surface area contributed by atoms with Gasteiger partial charge in [0.25, 0.3) is 0 Å². The van der Waals surface area contributed by atoms with E-state index >= 15 is 0 Å². The average molecular weight is 453 g/mol. The minimum Gasteiger partial charge on any atom is -0.467 e. The SMILES string of the molecule is COC(=O)[C@H]1O[C@@H]2C[C@H]3O[C@@H](n4cnc5c(N)ncnc54)[C@@H](OC)[C@@H]3O[C@]2(O)[C@@H](O)[C@@H]1O. The van der Waals surface area contributed by atoms with Crippen LogP contribution in [0.2, 0.25) is 0 Å². The number of hydrogen-bond acceptors (Lipinski definition) is 13. The highest BCUT2D eigenvalue weighted by Crippen LogP contribution is 2.46. The van der Waals surface area contributed by atoms with Crippen LogP contribution in [0.25, 0.3) is 11.2 Å². The molecule has 0 aliphatic carbocycles. The molecule has 3 aliphatic heterocycles. The first-order valence-corrected chi connectivity index (χ1v) is 9.91. The van der Waals surface area contributed by atoms with E-state index in [1.165, 1.54) is 19.8 Å². The maximum absolute atomic E-state index is 12.0. The molecule has 0 amide bonds. The Hall–Kier alpha value is -2.46. The zero-order valence-electron chi connectivity index (χ0n) is 17.1. The summed E-state index contributed by atoms with van der Waals surface area (Å²) in [5, 5.41) is 32.1. The number of anilines is 1. The van der Waals surface area contributed by atoms with Crippen molar-refractivity contribution in [1.82, 2.24) is 19.5 Å². The number of aliphatic hydroxyl groups is 3. The second-order valence-electron chi connectivity index (χ2n) is 7.92. The van der Waals surface area contributed by atoms with Gasteiger partial charge >= 0.3 is 5.97 Å². The van der Waals surface area contributed by atoms with Crippen molar-refractivity contribution in [3.8, 4) is 0 Å². The molecule has 0 radical (unpaired) electrons. The Bertz CT molecular complexity index is 1040. The van der Waals surface area contributed by atoms with Crippen LogP contribution in [0, 0.1) is 0 Å². The lowest BCUT2D eigenvalue weighted by Crippen LogP contribution is -2.72. The Balaban J connectivity index is 1.47. The lowest BCUT2D eigenvalue weighted by Gasteiger charge is -2.52. The maximum atomic E-state index is 12.0. The van der Waals surface area contributed by atoms with Crippen molar-refractivity contribution in [1.29, 1.82) is 0 Å². The molecule has 5 N–H and O–H groups in total. The Morgan fingerprint density at radius 1 is 1.28 bits per heavy atom. The summed E-state index contributed by atoms with van der Waals surface area (Å²) in [5.74, 6) is -2.99. The van der Waals surface area contributed by atoms with Gasteiger partial charge in [0, 0.05) is 13.5 Å².